The predicted molar refractivity (Wildman–Crippen MR) is 97.9 cm³/mol. The van der Waals surface area contributed by atoms with E-state index in [1.807, 2.05) is 0 Å². The molecule has 2 aromatic carbocycles. The normalized spacial score (nSPS) is 11.0. The maximum absolute atomic E-state index is 14.0. The molecule has 26 heavy (non-hydrogen) atoms. The molecule has 0 bridgehead atoms. The van der Waals surface area contributed by atoms with Gasteiger partial charge in [-0.1, -0.05) is 29.8 Å². The molecule has 0 fully saturated rings. The summed E-state index contributed by atoms with van der Waals surface area (Å²) >= 11 is 5.90. The molecule has 5 nitrogen and oxygen atoms in total. The molecule has 4 aromatic rings. The molecular formula is C19H11ClFN3O2. The van der Waals surface area contributed by atoms with Crippen LogP contribution in [0.1, 0.15) is 0 Å². The first kappa shape index (κ1) is 16.2. The molecule has 0 spiro atoms. The Morgan fingerprint density at radius 2 is 1.65 bits per heavy atom. The number of halogens is 2. The maximum Gasteiger partial charge on any atom is 0.340 e. The van der Waals surface area contributed by atoms with E-state index in [1.54, 1.807) is 42.5 Å². The number of pyridine rings is 1. The second-order valence-corrected chi connectivity index (χ2v) is 6.00. The van der Waals surface area contributed by atoms with E-state index in [1.165, 1.54) is 23.0 Å². The number of hydrogen-bond donors (Lipinski definition) is 0. The fraction of sp³-hybridized carbons (Fsp3) is 0. The predicted octanol–water partition coefficient (Wildman–Crippen LogP) is 3.33. The highest BCUT2D eigenvalue weighted by molar-refractivity contribution is 6.31. The molecule has 4 rings (SSSR count). The van der Waals surface area contributed by atoms with Gasteiger partial charge in [-0.15, -0.1) is 0 Å². The van der Waals surface area contributed by atoms with Gasteiger partial charge in [0.25, 0.3) is 5.56 Å². The zero-order chi connectivity index (χ0) is 18.3. The van der Waals surface area contributed by atoms with E-state index in [2.05, 4.69) is 4.98 Å². The van der Waals surface area contributed by atoms with Gasteiger partial charge in [0.05, 0.1) is 33.5 Å². The van der Waals surface area contributed by atoms with E-state index >= 15 is 0 Å². The summed E-state index contributed by atoms with van der Waals surface area (Å²) in [5, 5.41) is -0.126. The van der Waals surface area contributed by atoms with Crippen molar-refractivity contribution in [3.05, 3.63) is 98.7 Å². The van der Waals surface area contributed by atoms with Crippen molar-refractivity contribution in [1.82, 2.24) is 14.1 Å². The van der Waals surface area contributed by atoms with E-state index in [0.717, 1.165) is 10.6 Å². The Morgan fingerprint density at radius 1 is 0.923 bits per heavy atom. The van der Waals surface area contributed by atoms with Gasteiger partial charge in [-0.05, 0) is 36.4 Å². The van der Waals surface area contributed by atoms with E-state index in [-0.39, 0.29) is 15.9 Å². The molecule has 0 atom stereocenters. The number of para-hydroxylation sites is 1. The van der Waals surface area contributed by atoms with Gasteiger partial charge in [-0.25, -0.2) is 13.8 Å². The average molecular weight is 368 g/mol. The van der Waals surface area contributed by atoms with Crippen molar-refractivity contribution in [2.24, 2.45) is 0 Å². The Labute approximate surface area is 151 Å². The molecule has 7 heteroatoms. The first-order valence-electron chi connectivity index (χ1n) is 7.70. The summed E-state index contributed by atoms with van der Waals surface area (Å²) in [5.41, 5.74) is -0.171. The molecule has 0 unspecified atom stereocenters. The van der Waals surface area contributed by atoms with Crippen LogP contribution in [0.5, 0.6) is 0 Å². The van der Waals surface area contributed by atoms with Crippen LogP contribution in [0.3, 0.4) is 0 Å². The van der Waals surface area contributed by atoms with Crippen LogP contribution in [0, 0.1) is 5.82 Å². The lowest BCUT2D eigenvalue weighted by Gasteiger charge is -2.14. The summed E-state index contributed by atoms with van der Waals surface area (Å²) in [6.07, 6.45) is 2.93. The number of fused-ring (bicyclic) bond motifs is 1. The van der Waals surface area contributed by atoms with Crippen LogP contribution < -0.4 is 11.2 Å². The number of nitrogens with zero attached hydrogens (tertiary/aromatic N) is 3. The smallest absolute Gasteiger partial charge is 0.268 e. The molecule has 2 heterocycles. The zero-order valence-corrected chi connectivity index (χ0v) is 14.0. The molecule has 0 amide bonds. The number of aromatic nitrogens is 3. The fourth-order valence-corrected chi connectivity index (χ4v) is 3.00. The molecule has 0 saturated heterocycles. The van der Waals surface area contributed by atoms with Gasteiger partial charge >= 0.3 is 5.69 Å². The minimum atomic E-state index is -0.729. The third kappa shape index (κ3) is 2.51. The summed E-state index contributed by atoms with van der Waals surface area (Å²) in [6, 6.07) is 14.3. The molecule has 0 aliphatic heterocycles. The Balaban J connectivity index is 2.24. The molecule has 2 aromatic heterocycles. The Morgan fingerprint density at radius 3 is 2.35 bits per heavy atom. The molecule has 128 valence electrons. The van der Waals surface area contributed by atoms with Crippen LogP contribution in [0.15, 0.2) is 76.6 Å². The van der Waals surface area contributed by atoms with E-state index in [4.69, 9.17) is 11.6 Å². The van der Waals surface area contributed by atoms with E-state index in [9.17, 15) is 14.0 Å². The number of rotatable bonds is 2. The van der Waals surface area contributed by atoms with Crippen molar-refractivity contribution < 1.29 is 4.39 Å². The quantitative estimate of drug-likeness (QED) is 0.546. The molecule has 0 N–H and O–H groups in total. The second kappa shape index (κ2) is 6.24. The largest absolute Gasteiger partial charge is 0.340 e. The van der Waals surface area contributed by atoms with Crippen molar-refractivity contribution >= 4 is 22.5 Å². The zero-order valence-electron chi connectivity index (χ0n) is 13.3. The van der Waals surface area contributed by atoms with Gasteiger partial charge in [-0.3, -0.25) is 14.3 Å². The first-order chi connectivity index (χ1) is 12.6. The van der Waals surface area contributed by atoms with Crippen LogP contribution >= 0.6 is 11.6 Å². The minimum Gasteiger partial charge on any atom is -0.268 e. The maximum atomic E-state index is 14.0. The Hall–Kier alpha value is -3.25. The van der Waals surface area contributed by atoms with Crippen molar-refractivity contribution in [3.8, 4) is 11.4 Å². The van der Waals surface area contributed by atoms with Gasteiger partial charge in [0.1, 0.15) is 5.82 Å². The lowest BCUT2D eigenvalue weighted by Crippen LogP contribution is -2.38. The van der Waals surface area contributed by atoms with E-state index < -0.39 is 17.1 Å². The highest BCUT2D eigenvalue weighted by atomic mass is 35.5. The Kier molecular flexibility index (Phi) is 3.89. The van der Waals surface area contributed by atoms with Crippen LogP contribution in [-0.4, -0.2) is 14.1 Å². The van der Waals surface area contributed by atoms with Crippen molar-refractivity contribution in [2.75, 3.05) is 0 Å². The summed E-state index contributed by atoms with van der Waals surface area (Å²) < 4.78 is 16.3. The summed E-state index contributed by atoms with van der Waals surface area (Å²) in [4.78, 5) is 30.0. The van der Waals surface area contributed by atoms with Crippen molar-refractivity contribution in [2.45, 2.75) is 0 Å². The van der Waals surface area contributed by atoms with Gasteiger partial charge in [0.2, 0.25) is 0 Å². The highest BCUT2D eigenvalue weighted by Gasteiger charge is 2.17. The summed E-state index contributed by atoms with van der Waals surface area (Å²) in [7, 11) is 0. The molecule has 0 saturated carbocycles. The van der Waals surface area contributed by atoms with Crippen LogP contribution in [0.2, 0.25) is 5.02 Å². The van der Waals surface area contributed by atoms with Crippen molar-refractivity contribution in [1.29, 1.82) is 0 Å². The van der Waals surface area contributed by atoms with Crippen molar-refractivity contribution in [3.63, 3.8) is 0 Å². The van der Waals surface area contributed by atoms with Gasteiger partial charge < -0.3 is 0 Å². The molecule has 0 radical (unpaired) electrons. The topological polar surface area (TPSA) is 56.9 Å². The summed E-state index contributed by atoms with van der Waals surface area (Å²) in [5.74, 6) is -0.729. The fourth-order valence-electron chi connectivity index (χ4n) is 2.84. The van der Waals surface area contributed by atoms with Crippen LogP contribution in [0.25, 0.3) is 22.3 Å². The average Bonchev–Trinajstić information content (AvgIpc) is 2.66. The SMILES string of the molecule is O=c1c2cc(F)c(Cl)cc2n(-c2ccccc2)c(=O)n1-c1cccnc1. The number of benzene rings is 2. The van der Waals surface area contributed by atoms with E-state index in [0.29, 0.717) is 11.4 Å². The Bertz CT molecular complexity index is 1240. The molecule has 0 aliphatic rings. The summed E-state index contributed by atoms with van der Waals surface area (Å²) in [6.45, 7) is 0. The third-order valence-electron chi connectivity index (χ3n) is 4.01. The standard InChI is InChI=1S/C19H11ClFN3O2/c20-15-10-17-14(9-16(15)21)18(25)24(13-7-4-8-22-11-13)19(26)23(17)12-5-2-1-3-6-12/h1-11H. The van der Waals surface area contributed by atoms with Gasteiger partial charge in [-0.2, -0.15) is 0 Å². The molecular weight excluding hydrogens is 357 g/mol. The lowest BCUT2D eigenvalue weighted by atomic mass is 10.2. The second-order valence-electron chi connectivity index (χ2n) is 5.59. The highest BCUT2D eigenvalue weighted by Crippen LogP contribution is 2.22. The van der Waals surface area contributed by atoms with Crippen LogP contribution in [-0.2, 0) is 0 Å². The molecule has 0 aliphatic carbocycles. The first-order valence-corrected chi connectivity index (χ1v) is 8.08. The number of hydrogen-bond acceptors (Lipinski definition) is 3. The van der Waals surface area contributed by atoms with Gasteiger partial charge in [0, 0.05) is 6.20 Å². The van der Waals surface area contributed by atoms with Gasteiger partial charge in [0.15, 0.2) is 0 Å². The minimum absolute atomic E-state index is 0.0409. The third-order valence-corrected chi connectivity index (χ3v) is 4.30. The lowest BCUT2D eigenvalue weighted by molar-refractivity contribution is 0.629. The van der Waals surface area contributed by atoms with Crippen LogP contribution in [0.4, 0.5) is 4.39 Å². The monoisotopic (exact) mass is 367 g/mol.